The average molecular weight is 399 g/mol. The van der Waals surface area contributed by atoms with Gasteiger partial charge in [0.25, 0.3) is 0 Å². The molecule has 0 atom stereocenters. The number of aromatic nitrogens is 3. The molecule has 0 radical (unpaired) electrons. The number of nitrogens with one attached hydrogen (secondary N) is 1. The largest absolute Gasteiger partial charge is 0.497 e. The van der Waals surface area contributed by atoms with E-state index in [9.17, 15) is 0 Å². The maximum absolute atomic E-state index is 5.35. The summed E-state index contributed by atoms with van der Waals surface area (Å²) in [4.78, 5) is 9.28. The van der Waals surface area contributed by atoms with E-state index < -0.39 is 0 Å². The van der Waals surface area contributed by atoms with Crippen molar-refractivity contribution in [3.63, 3.8) is 0 Å². The van der Waals surface area contributed by atoms with Crippen LogP contribution in [0, 0.1) is 6.92 Å². The minimum atomic E-state index is 0.474. The number of hydrogen-bond acceptors (Lipinski definition) is 4. The molecule has 2 heterocycles. The number of methoxy groups -OCH3 is 1. The quantitative estimate of drug-likeness (QED) is 0.430. The SMILES string of the molecule is COc1ccc(-c2cc3c(Nc4ccc(C)cc4)ncnc3n2C2CCCC2)cc1. The number of benzene rings is 2. The molecule has 4 aromatic rings. The molecular weight excluding hydrogens is 372 g/mol. The molecule has 1 aliphatic carbocycles. The second-order valence-corrected chi connectivity index (χ2v) is 8.02. The molecule has 152 valence electrons. The van der Waals surface area contributed by atoms with Gasteiger partial charge in [-0.1, -0.05) is 30.5 Å². The third kappa shape index (κ3) is 3.41. The fourth-order valence-corrected chi connectivity index (χ4v) is 4.42. The van der Waals surface area contributed by atoms with Gasteiger partial charge in [0.05, 0.1) is 18.2 Å². The van der Waals surface area contributed by atoms with E-state index in [-0.39, 0.29) is 0 Å². The smallest absolute Gasteiger partial charge is 0.146 e. The molecule has 0 aliphatic heterocycles. The molecule has 0 amide bonds. The number of aryl methyl sites for hydroxylation is 1. The Kier molecular flexibility index (Phi) is 4.87. The zero-order valence-corrected chi connectivity index (χ0v) is 17.4. The van der Waals surface area contributed by atoms with Crippen molar-refractivity contribution < 1.29 is 4.74 Å². The molecule has 5 nitrogen and oxygen atoms in total. The van der Waals surface area contributed by atoms with Gasteiger partial charge in [-0.25, -0.2) is 9.97 Å². The molecule has 2 aromatic heterocycles. The summed E-state index contributed by atoms with van der Waals surface area (Å²) in [6.45, 7) is 2.09. The average Bonchev–Trinajstić information content (AvgIpc) is 3.43. The molecule has 0 bridgehead atoms. The highest BCUT2D eigenvalue weighted by molar-refractivity contribution is 5.94. The monoisotopic (exact) mass is 398 g/mol. The first-order valence-electron chi connectivity index (χ1n) is 10.6. The molecule has 1 aliphatic rings. The Morgan fingerprint density at radius 1 is 0.967 bits per heavy atom. The summed E-state index contributed by atoms with van der Waals surface area (Å²) in [5, 5.41) is 4.54. The van der Waals surface area contributed by atoms with E-state index >= 15 is 0 Å². The van der Waals surface area contributed by atoms with Crippen molar-refractivity contribution in [2.24, 2.45) is 0 Å². The van der Waals surface area contributed by atoms with Crippen molar-refractivity contribution in [2.45, 2.75) is 38.6 Å². The first-order valence-corrected chi connectivity index (χ1v) is 10.6. The van der Waals surface area contributed by atoms with Crippen LogP contribution >= 0.6 is 0 Å². The van der Waals surface area contributed by atoms with Crippen LogP contribution in [0.4, 0.5) is 11.5 Å². The molecule has 0 unspecified atom stereocenters. The maximum Gasteiger partial charge on any atom is 0.146 e. The van der Waals surface area contributed by atoms with Crippen molar-refractivity contribution >= 4 is 22.5 Å². The van der Waals surface area contributed by atoms with Gasteiger partial charge in [-0.3, -0.25) is 0 Å². The van der Waals surface area contributed by atoms with Gasteiger partial charge in [-0.15, -0.1) is 0 Å². The van der Waals surface area contributed by atoms with E-state index in [4.69, 9.17) is 9.72 Å². The van der Waals surface area contributed by atoms with Crippen molar-refractivity contribution in [1.29, 1.82) is 0 Å². The summed E-state index contributed by atoms with van der Waals surface area (Å²) >= 11 is 0. The van der Waals surface area contributed by atoms with E-state index in [1.165, 1.54) is 42.5 Å². The second-order valence-electron chi connectivity index (χ2n) is 8.02. The Morgan fingerprint density at radius 2 is 1.70 bits per heavy atom. The molecule has 2 aromatic carbocycles. The fourth-order valence-electron chi connectivity index (χ4n) is 4.42. The molecule has 1 saturated carbocycles. The molecule has 5 rings (SSSR count). The van der Waals surface area contributed by atoms with Gasteiger partial charge >= 0.3 is 0 Å². The standard InChI is InChI=1S/C25H26N4O/c1-17-7-11-19(12-8-17)28-24-22-15-23(18-9-13-21(30-2)14-10-18)29(20-5-3-4-6-20)25(22)27-16-26-24/h7-16,20H,3-6H2,1-2H3,(H,26,27,28). The predicted molar refractivity (Wildman–Crippen MR) is 121 cm³/mol. The molecule has 0 saturated heterocycles. The second kappa shape index (κ2) is 7.82. The van der Waals surface area contributed by atoms with Gasteiger partial charge in [0, 0.05) is 11.7 Å². The summed E-state index contributed by atoms with van der Waals surface area (Å²) in [7, 11) is 1.70. The minimum Gasteiger partial charge on any atom is -0.497 e. The van der Waals surface area contributed by atoms with Crippen molar-refractivity contribution in [2.75, 3.05) is 12.4 Å². The van der Waals surface area contributed by atoms with Crippen LogP contribution in [0.5, 0.6) is 5.75 Å². The Bertz CT molecular complexity index is 1160. The van der Waals surface area contributed by atoms with Crippen LogP contribution in [0.25, 0.3) is 22.3 Å². The highest BCUT2D eigenvalue weighted by Gasteiger charge is 2.24. The third-order valence-corrected chi connectivity index (χ3v) is 6.02. The van der Waals surface area contributed by atoms with E-state index in [1.807, 2.05) is 12.1 Å². The summed E-state index contributed by atoms with van der Waals surface area (Å²) < 4.78 is 7.77. The molecule has 30 heavy (non-hydrogen) atoms. The number of nitrogens with zero attached hydrogens (tertiary/aromatic N) is 3. The first-order chi connectivity index (χ1) is 14.7. The number of rotatable bonds is 5. The number of hydrogen-bond donors (Lipinski definition) is 1. The van der Waals surface area contributed by atoms with E-state index in [2.05, 4.69) is 64.3 Å². The van der Waals surface area contributed by atoms with Gasteiger partial charge in [0.2, 0.25) is 0 Å². The minimum absolute atomic E-state index is 0.474. The van der Waals surface area contributed by atoms with Crippen LogP contribution in [0.1, 0.15) is 37.3 Å². The van der Waals surface area contributed by atoms with Gasteiger partial charge in [-0.05, 0) is 67.8 Å². The van der Waals surface area contributed by atoms with E-state index in [0.717, 1.165) is 28.3 Å². The van der Waals surface area contributed by atoms with Crippen LogP contribution < -0.4 is 10.1 Å². The Hall–Kier alpha value is -3.34. The molecule has 5 heteroatoms. The highest BCUT2D eigenvalue weighted by Crippen LogP contribution is 2.39. The number of ether oxygens (including phenoxy) is 1. The van der Waals surface area contributed by atoms with Gasteiger partial charge in [-0.2, -0.15) is 0 Å². The summed E-state index contributed by atoms with van der Waals surface area (Å²) in [5.74, 6) is 1.71. The van der Waals surface area contributed by atoms with Gasteiger partial charge in [0.15, 0.2) is 0 Å². The van der Waals surface area contributed by atoms with E-state index in [1.54, 1.807) is 13.4 Å². The lowest BCUT2D eigenvalue weighted by molar-refractivity contribution is 0.415. The molecular formula is C25H26N4O. The van der Waals surface area contributed by atoms with Crippen LogP contribution in [-0.4, -0.2) is 21.6 Å². The first kappa shape index (κ1) is 18.7. The normalized spacial score (nSPS) is 14.3. The van der Waals surface area contributed by atoms with Crippen molar-refractivity contribution in [1.82, 2.24) is 14.5 Å². The lowest BCUT2D eigenvalue weighted by Crippen LogP contribution is -2.07. The van der Waals surface area contributed by atoms with Gasteiger partial charge in [0.1, 0.15) is 23.5 Å². The van der Waals surface area contributed by atoms with Crippen LogP contribution in [0.3, 0.4) is 0 Å². The lowest BCUT2D eigenvalue weighted by Gasteiger charge is -2.17. The van der Waals surface area contributed by atoms with E-state index in [0.29, 0.717) is 6.04 Å². The summed E-state index contributed by atoms with van der Waals surface area (Å²) in [6.07, 6.45) is 6.59. The highest BCUT2D eigenvalue weighted by atomic mass is 16.5. The van der Waals surface area contributed by atoms with Gasteiger partial charge < -0.3 is 14.6 Å². The zero-order valence-electron chi connectivity index (χ0n) is 17.4. The van der Waals surface area contributed by atoms with Crippen LogP contribution in [0.2, 0.25) is 0 Å². The number of fused-ring (bicyclic) bond motifs is 1. The molecule has 0 spiro atoms. The summed E-state index contributed by atoms with van der Waals surface area (Å²) in [5.41, 5.74) is 5.62. The number of anilines is 2. The summed E-state index contributed by atoms with van der Waals surface area (Å²) in [6, 6.07) is 19.4. The Labute approximate surface area is 176 Å². The van der Waals surface area contributed by atoms with Crippen molar-refractivity contribution in [3.8, 4) is 17.0 Å². The maximum atomic E-state index is 5.35. The predicted octanol–water partition coefficient (Wildman–Crippen LogP) is 6.27. The third-order valence-electron chi connectivity index (χ3n) is 6.02. The molecule has 1 fully saturated rings. The Balaban J connectivity index is 1.64. The Morgan fingerprint density at radius 3 is 2.40 bits per heavy atom. The topological polar surface area (TPSA) is 52.0 Å². The zero-order chi connectivity index (χ0) is 20.5. The molecule has 1 N–H and O–H groups in total. The van der Waals surface area contributed by atoms with Crippen LogP contribution in [-0.2, 0) is 0 Å². The van der Waals surface area contributed by atoms with Crippen molar-refractivity contribution in [3.05, 3.63) is 66.5 Å². The lowest BCUT2D eigenvalue weighted by atomic mass is 10.1. The van der Waals surface area contributed by atoms with Crippen LogP contribution in [0.15, 0.2) is 60.9 Å². The fraction of sp³-hybridized carbons (Fsp3) is 0.280.